The minimum absolute atomic E-state index is 0.0740. The van der Waals surface area contributed by atoms with Crippen molar-refractivity contribution in [2.45, 2.75) is 45.6 Å². The van der Waals surface area contributed by atoms with Crippen LogP contribution in [0.25, 0.3) is 10.9 Å². The normalized spacial score (nSPS) is 16.1. The number of aromatic amines is 1. The lowest BCUT2D eigenvalue weighted by Gasteiger charge is -2.12. The van der Waals surface area contributed by atoms with E-state index in [2.05, 4.69) is 23.3 Å². The lowest BCUT2D eigenvalue weighted by molar-refractivity contribution is 0.0939. The second-order valence-corrected chi connectivity index (χ2v) is 5.58. The Balaban J connectivity index is 1.99. The Morgan fingerprint density at radius 1 is 1.26 bits per heavy atom. The largest absolute Gasteiger partial charge is 0.358 e. The molecular formula is C16H20N2O. The summed E-state index contributed by atoms with van der Waals surface area (Å²) in [6.07, 6.45) is 4.70. The van der Waals surface area contributed by atoms with Gasteiger partial charge in [-0.05, 0) is 38.3 Å². The van der Waals surface area contributed by atoms with Crippen LogP contribution in [0.5, 0.6) is 0 Å². The first-order valence-corrected chi connectivity index (χ1v) is 7.05. The molecule has 1 heterocycles. The molecule has 100 valence electrons. The van der Waals surface area contributed by atoms with Crippen molar-refractivity contribution in [3.63, 3.8) is 0 Å². The van der Waals surface area contributed by atoms with Gasteiger partial charge in [0.2, 0.25) is 0 Å². The van der Waals surface area contributed by atoms with E-state index in [4.69, 9.17) is 0 Å². The van der Waals surface area contributed by atoms with Crippen LogP contribution < -0.4 is 5.32 Å². The molecule has 3 heteroatoms. The third-order valence-corrected chi connectivity index (χ3v) is 4.14. The summed E-state index contributed by atoms with van der Waals surface area (Å²) in [5.41, 5.74) is 3.98. The number of nitrogens with one attached hydrogen (secondary N) is 2. The van der Waals surface area contributed by atoms with E-state index in [1.807, 2.05) is 19.1 Å². The zero-order valence-corrected chi connectivity index (χ0v) is 11.5. The molecule has 1 aromatic carbocycles. The van der Waals surface area contributed by atoms with Gasteiger partial charge >= 0.3 is 0 Å². The van der Waals surface area contributed by atoms with Crippen LogP contribution in [0, 0.1) is 13.8 Å². The molecule has 0 spiro atoms. The summed E-state index contributed by atoms with van der Waals surface area (Å²) in [5, 5.41) is 4.25. The van der Waals surface area contributed by atoms with E-state index in [1.165, 1.54) is 12.8 Å². The van der Waals surface area contributed by atoms with Gasteiger partial charge in [-0.15, -0.1) is 0 Å². The third kappa shape index (κ3) is 2.14. The molecule has 3 rings (SSSR count). The molecule has 0 unspecified atom stereocenters. The highest BCUT2D eigenvalue weighted by Crippen LogP contribution is 2.26. The summed E-state index contributed by atoms with van der Waals surface area (Å²) in [4.78, 5) is 15.8. The number of rotatable bonds is 2. The predicted molar refractivity (Wildman–Crippen MR) is 77.5 cm³/mol. The highest BCUT2D eigenvalue weighted by Gasteiger charge is 2.22. The topological polar surface area (TPSA) is 44.9 Å². The van der Waals surface area contributed by atoms with Gasteiger partial charge in [-0.25, -0.2) is 0 Å². The van der Waals surface area contributed by atoms with Crippen LogP contribution in [0.15, 0.2) is 18.2 Å². The highest BCUT2D eigenvalue weighted by molar-refractivity contribution is 6.09. The van der Waals surface area contributed by atoms with Crippen molar-refractivity contribution in [2.75, 3.05) is 0 Å². The van der Waals surface area contributed by atoms with Crippen molar-refractivity contribution in [2.24, 2.45) is 0 Å². The summed E-state index contributed by atoms with van der Waals surface area (Å²) in [5.74, 6) is 0.0740. The Labute approximate surface area is 113 Å². The number of hydrogen-bond acceptors (Lipinski definition) is 1. The SMILES string of the molecule is Cc1[nH]c2cccc(C)c2c1C(=O)NC1CCCC1. The number of benzene rings is 1. The molecule has 1 aliphatic carbocycles. The average Bonchev–Trinajstić information content (AvgIpc) is 2.96. The molecule has 19 heavy (non-hydrogen) atoms. The average molecular weight is 256 g/mol. The molecule has 1 aromatic heterocycles. The van der Waals surface area contributed by atoms with E-state index in [9.17, 15) is 4.79 Å². The fraction of sp³-hybridized carbons (Fsp3) is 0.438. The minimum atomic E-state index is 0.0740. The number of H-pyrrole nitrogens is 1. The van der Waals surface area contributed by atoms with Gasteiger partial charge < -0.3 is 10.3 Å². The van der Waals surface area contributed by atoms with Crippen molar-refractivity contribution < 1.29 is 4.79 Å². The molecule has 2 aromatic rings. The van der Waals surface area contributed by atoms with E-state index in [0.29, 0.717) is 6.04 Å². The van der Waals surface area contributed by atoms with Crippen LogP contribution in [0.3, 0.4) is 0 Å². The number of amides is 1. The van der Waals surface area contributed by atoms with Gasteiger partial charge in [0.1, 0.15) is 0 Å². The van der Waals surface area contributed by atoms with E-state index < -0.39 is 0 Å². The third-order valence-electron chi connectivity index (χ3n) is 4.14. The van der Waals surface area contributed by atoms with Crippen LogP contribution >= 0.6 is 0 Å². The molecule has 1 aliphatic rings. The molecule has 3 nitrogen and oxygen atoms in total. The fourth-order valence-corrected chi connectivity index (χ4v) is 3.17. The first-order valence-electron chi connectivity index (χ1n) is 7.05. The maximum Gasteiger partial charge on any atom is 0.253 e. The number of hydrogen-bond donors (Lipinski definition) is 2. The summed E-state index contributed by atoms with van der Waals surface area (Å²) >= 11 is 0. The van der Waals surface area contributed by atoms with Crippen molar-refractivity contribution in [1.82, 2.24) is 10.3 Å². The first kappa shape index (κ1) is 12.3. The standard InChI is InChI=1S/C16H20N2O/c1-10-6-5-9-13-14(10)15(11(2)17-13)16(19)18-12-7-3-4-8-12/h5-6,9,12,17H,3-4,7-8H2,1-2H3,(H,18,19). The van der Waals surface area contributed by atoms with E-state index in [1.54, 1.807) is 0 Å². The van der Waals surface area contributed by atoms with Crippen molar-refractivity contribution in [1.29, 1.82) is 0 Å². The fourth-order valence-electron chi connectivity index (χ4n) is 3.17. The number of carbonyl (C=O) groups excluding carboxylic acids is 1. The first-order chi connectivity index (χ1) is 9.16. The summed E-state index contributed by atoms with van der Waals surface area (Å²) in [7, 11) is 0. The maximum absolute atomic E-state index is 12.5. The van der Waals surface area contributed by atoms with Gasteiger partial charge in [0, 0.05) is 22.6 Å². The summed E-state index contributed by atoms with van der Waals surface area (Å²) in [6.45, 7) is 4.03. The Morgan fingerprint density at radius 3 is 2.74 bits per heavy atom. The molecule has 1 fully saturated rings. The Hall–Kier alpha value is -1.77. The molecule has 0 radical (unpaired) electrons. The predicted octanol–water partition coefficient (Wildman–Crippen LogP) is 3.46. The molecule has 0 saturated heterocycles. The number of aromatic nitrogens is 1. The maximum atomic E-state index is 12.5. The Kier molecular flexibility index (Phi) is 3.05. The van der Waals surface area contributed by atoms with Crippen LogP contribution in [0.4, 0.5) is 0 Å². The quantitative estimate of drug-likeness (QED) is 0.849. The second kappa shape index (κ2) is 4.72. The van der Waals surface area contributed by atoms with Crippen LogP contribution in [0.2, 0.25) is 0 Å². The van der Waals surface area contributed by atoms with Gasteiger partial charge in [0.15, 0.2) is 0 Å². The molecule has 0 atom stereocenters. The number of fused-ring (bicyclic) bond motifs is 1. The highest BCUT2D eigenvalue weighted by atomic mass is 16.1. The van der Waals surface area contributed by atoms with Gasteiger partial charge in [-0.2, -0.15) is 0 Å². The number of carbonyl (C=O) groups is 1. The van der Waals surface area contributed by atoms with E-state index in [0.717, 1.165) is 40.6 Å². The van der Waals surface area contributed by atoms with Crippen LogP contribution in [-0.2, 0) is 0 Å². The molecular weight excluding hydrogens is 236 g/mol. The van der Waals surface area contributed by atoms with E-state index >= 15 is 0 Å². The summed E-state index contributed by atoms with van der Waals surface area (Å²) < 4.78 is 0. The van der Waals surface area contributed by atoms with Crippen molar-refractivity contribution in [3.05, 3.63) is 35.0 Å². The molecule has 0 aliphatic heterocycles. The molecule has 0 bridgehead atoms. The molecule has 1 amide bonds. The molecule has 2 N–H and O–H groups in total. The zero-order chi connectivity index (χ0) is 13.4. The van der Waals surface area contributed by atoms with Crippen LogP contribution in [0.1, 0.15) is 47.3 Å². The summed E-state index contributed by atoms with van der Waals surface area (Å²) in [6, 6.07) is 6.47. The Bertz CT molecular complexity index is 621. The van der Waals surface area contributed by atoms with Crippen molar-refractivity contribution >= 4 is 16.8 Å². The lowest BCUT2D eigenvalue weighted by atomic mass is 10.0. The minimum Gasteiger partial charge on any atom is -0.358 e. The Morgan fingerprint density at radius 2 is 2.00 bits per heavy atom. The van der Waals surface area contributed by atoms with Gasteiger partial charge in [0.05, 0.1) is 5.56 Å². The van der Waals surface area contributed by atoms with Gasteiger partial charge in [0.25, 0.3) is 5.91 Å². The van der Waals surface area contributed by atoms with Gasteiger partial charge in [-0.1, -0.05) is 25.0 Å². The van der Waals surface area contributed by atoms with Crippen molar-refractivity contribution in [3.8, 4) is 0 Å². The monoisotopic (exact) mass is 256 g/mol. The lowest BCUT2D eigenvalue weighted by Crippen LogP contribution is -2.32. The smallest absolute Gasteiger partial charge is 0.253 e. The number of aryl methyl sites for hydroxylation is 2. The van der Waals surface area contributed by atoms with E-state index in [-0.39, 0.29) is 5.91 Å². The van der Waals surface area contributed by atoms with Crippen LogP contribution in [-0.4, -0.2) is 16.9 Å². The second-order valence-electron chi connectivity index (χ2n) is 5.58. The molecule has 1 saturated carbocycles. The van der Waals surface area contributed by atoms with Gasteiger partial charge in [-0.3, -0.25) is 4.79 Å². The zero-order valence-electron chi connectivity index (χ0n) is 11.5.